The van der Waals surface area contributed by atoms with Gasteiger partial charge in [0, 0.05) is 25.7 Å². The number of hydrogen-bond acceptors (Lipinski definition) is 5. The Morgan fingerprint density at radius 2 is 2.04 bits per heavy atom. The number of nitrogens with zero attached hydrogens (tertiary/aromatic N) is 1. The molecule has 134 valence electrons. The molecule has 0 saturated carbocycles. The lowest BCUT2D eigenvalue weighted by Crippen LogP contribution is -2.43. The van der Waals surface area contributed by atoms with Crippen molar-refractivity contribution in [2.24, 2.45) is 0 Å². The van der Waals surface area contributed by atoms with Gasteiger partial charge in [0.2, 0.25) is 5.91 Å². The molecule has 1 N–H and O–H groups in total. The van der Waals surface area contributed by atoms with E-state index in [0.717, 1.165) is 37.9 Å². The molecule has 0 aliphatic carbocycles. The Labute approximate surface area is 144 Å². The van der Waals surface area contributed by atoms with E-state index in [1.54, 1.807) is 0 Å². The number of anilines is 1. The molecule has 2 rings (SSSR count). The van der Waals surface area contributed by atoms with E-state index in [9.17, 15) is 13.2 Å². The van der Waals surface area contributed by atoms with Gasteiger partial charge in [0.05, 0.1) is 6.26 Å². The largest absolute Gasteiger partial charge is 0.326 e. The van der Waals surface area contributed by atoms with Gasteiger partial charge in [-0.25, -0.2) is 0 Å². The van der Waals surface area contributed by atoms with Crippen LogP contribution in [0.1, 0.15) is 44.6 Å². The molecule has 0 bridgehead atoms. The second kappa shape index (κ2) is 8.09. The number of amides is 1. The number of carbonyl (C=O) groups excluding carboxylic acids is 1. The monoisotopic (exact) mass is 354 g/mol. The Morgan fingerprint density at radius 3 is 2.58 bits per heavy atom. The molecule has 0 spiro atoms. The van der Waals surface area contributed by atoms with Crippen LogP contribution >= 0.6 is 0 Å². The van der Waals surface area contributed by atoms with Gasteiger partial charge in [-0.05, 0) is 42.9 Å². The van der Waals surface area contributed by atoms with E-state index in [4.69, 9.17) is 4.18 Å². The summed E-state index contributed by atoms with van der Waals surface area (Å²) in [4.78, 5) is 13.3. The number of nitrogens with one attached hydrogen (secondary N) is 1. The lowest BCUT2D eigenvalue weighted by Gasteiger charge is -2.36. The van der Waals surface area contributed by atoms with Crippen LogP contribution in [0.5, 0.6) is 0 Å². The smallest absolute Gasteiger partial charge is 0.265 e. The minimum absolute atomic E-state index is 0.0781. The van der Waals surface area contributed by atoms with E-state index in [-0.39, 0.29) is 12.1 Å². The van der Waals surface area contributed by atoms with Crippen molar-refractivity contribution in [2.75, 3.05) is 24.7 Å². The third kappa shape index (κ3) is 5.58. The summed E-state index contributed by atoms with van der Waals surface area (Å²) < 4.78 is 27.9. The molecule has 1 atom stereocenters. The Balaban J connectivity index is 1.98. The lowest BCUT2D eigenvalue weighted by atomic mass is 9.89. The van der Waals surface area contributed by atoms with Gasteiger partial charge in [0.25, 0.3) is 10.1 Å². The maximum atomic E-state index is 11.4. The van der Waals surface area contributed by atoms with E-state index in [1.165, 1.54) is 12.5 Å². The molecule has 1 aromatic rings. The molecular weight excluding hydrogens is 328 g/mol. The summed E-state index contributed by atoms with van der Waals surface area (Å²) >= 11 is 0. The lowest BCUT2D eigenvalue weighted by molar-refractivity contribution is -0.114. The summed E-state index contributed by atoms with van der Waals surface area (Å²) in [5.41, 5.74) is 2.02. The van der Waals surface area contributed by atoms with Crippen molar-refractivity contribution in [1.82, 2.24) is 4.90 Å². The van der Waals surface area contributed by atoms with Crippen molar-refractivity contribution in [3.63, 3.8) is 0 Å². The second-order valence-corrected chi connectivity index (χ2v) is 7.88. The number of piperidine rings is 1. The third-order valence-corrected chi connectivity index (χ3v) is 4.82. The molecular formula is C17H26N2O4S. The molecule has 6 nitrogen and oxygen atoms in total. The Morgan fingerprint density at radius 1 is 1.38 bits per heavy atom. The van der Waals surface area contributed by atoms with Crippen molar-refractivity contribution >= 4 is 21.7 Å². The van der Waals surface area contributed by atoms with Crippen LogP contribution in [0.25, 0.3) is 0 Å². The Bertz CT molecular complexity index is 667. The first kappa shape index (κ1) is 18.9. The van der Waals surface area contributed by atoms with Crippen LogP contribution < -0.4 is 5.32 Å². The zero-order chi connectivity index (χ0) is 17.7. The average Bonchev–Trinajstić information content (AvgIpc) is 2.51. The zero-order valence-corrected chi connectivity index (χ0v) is 15.3. The Kier molecular flexibility index (Phi) is 6.37. The molecule has 0 aromatic heterocycles. The predicted molar refractivity (Wildman–Crippen MR) is 94.3 cm³/mol. The SMILES string of the molecule is CCC(OS(C)(=O)=O)N1CCC(c2cccc(NC(C)=O)c2)CC1. The van der Waals surface area contributed by atoms with Crippen LogP contribution in [0.2, 0.25) is 0 Å². The first-order valence-electron chi connectivity index (χ1n) is 8.28. The van der Waals surface area contributed by atoms with Crippen LogP contribution in [-0.2, 0) is 19.1 Å². The van der Waals surface area contributed by atoms with Gasteiger partial charge in [0.1, 0.15) is 6.23 Å². The molecule has 1 amide bonds. The second-order valence-electron chi connectivity index (χ2n) is 6.28. The predicted octanol–water partition coefficient (Wildman–Crippen LogP) is 2.54. The van der Waals surface area contributed by atoms with Crippen LogP contribution in [-0.4, -0.2) is 44.8 Å². The maximum Gasteiger partial charge on any atom is 0.265 e. The van der Waals surface area contributed by atoms with Crippen LogP contribution in [0.4, 0.5) is 5.69 Å². The summed E-state index contributed by atoms with van der Waals surface area (Å²) in [6.07, 6.45) is 3.22. The minimum atomic E-state index is -3.45. The summed E-state index contributed by atoms with van der Waals surface area (Å²) in [7, 11) is -3.45. The molecule has 1 heterocycles. The standard InChI is InChI=1S/C17H26N2O4S/c1-4-17(23-24(3,21)22)19-10-8-14(9-11-19)15-6-5-7-16(12-15)18-13(2)20/h5-7,12,14,17H,4,8-11H2,1-3H3,(H,18,20). The summed E-state index contributed by atoms with van der Waals surface area (Å²) in [5.74, 6) is 0.330. The third-order valence-electron chi connectivity index (χ3n) is 4.25. The molecule has 1 saturated heterocycles. The highest BCUT2D eigenvalue weighted by molar-refractivity contribution is 7.86. The van der Waals surface area contributed by atoms with Crippen molar-refractivity contribution < 1.29 is 17.4 Å². The van der Waals surface area contributed by atoms with Crippen molar-refractivity contribution in [3.8, 4) is 0 Å². The molecule has 24 heavy (non-hydrogen) atoms. The normalized spacial score (nSPS) is 18.3. The molecule has 1 aliphatic rings. The highest BCUT2D eigenvalue weighted by atomic mass is 32.2. The van der Waals surface area contributed by atoms with Crippen LogP contribution in [0, 0.1) is 0 Å². The molecule has 1 fully saturated rings. The fourth-order valence-electron chi connectivity index (χ4n) is 3.18. The van der Waals surface area contributed by atoms with Gasteiger partial charge in [-0.3, -0.25) is 13.9 Å². The Hall–Kier alpha value is -1.44. The quantitative estimate of drug-likeness (QED) is 0.795. The molecule has 7 heteroatoms. The van der Waals surface area contributed by atoms with Gasteiger partial charge in [-0.2, -0.15) is 8.42 Å². The van der Waals surface area contributed by atoms with Crippen molar-refractivity contribution in [3.05, 3.63) is 29.8 Å². The highest BCUT2D eigenvalue weighted by Crippen LogP contribution is 2.31. The van der Waals surface area contributed by atoms with Crippen molar-refractivity contribution in [2.45, 2.75) is 45.3 Å². The minimum Gasteiger partial charge on any atom is -0.326 e. The fraction of sp³-hybridized carbons (Fsp3) is 0.588. The van der Waals surface area contributed by atoms with E-state index in [2.05, 4.69) is 16.3 Å². The zero-order valence-electron chi connectivity index (χ0n) is 14.5. The number of carbonyl (C=O) groups is 1. The molecule has 1 aliphatic heterocycles. The van der Waals surface area contributed by atoms with E-state index >= 15 is 0 Å². The number of likely N-dealkylation sites (tertiary alicyclic amines) is 1. The average molecular weight is 354 g/mol. The summed E-state index contributed by atoms with van der Waals surface area (Å²) in [6.45, 7) is 5.02. The molecule has 1 aromatic carbocycles. The van der Waals surface area contributed by atoms with E-state index in [1.807, 2.05) is 25.1 Å². The number of hydrogen-bond donors (Lipinski definition) is 1. The van der Waals surface area contributed by atoms with Crippen molar-refractivity contribution in [1.29, 1.82) is 0 Å². The topological polar surface area (TPSA) is 75.7 Å². The van der Waals surface area contributed by atoms with Gasteiger partial charge >= 0.3 is 0 Å². The van der Waals surface area contributed by atoms with Gasteiger partial charge < -0.3 is 5.32 Å². The van der Waals surface area contributed by atoms with E-state index in [0.29, 0.717) is 12.3 Å². The van der Waals surface area contributed by atoms with Gasteiger partial charge in [0.15, 0.2) is 0 Å². The van der Waals surface area contributed by atoms with Gasteiger partial charge in [-0.15, -0.1) is 0 Å². The van der Waals surface area contributed by atoms with Crippen LogP contribution in [0.3, 0.4) is 0 Å². The number of benzene rings is 1. The maximum absolute atomic E-state index is 11.4. The van der Waals surface area contributed by atoms with Crippen LogP contribution in [0.15, 0.2) is 24.3 Å². The highest BCUT2D eigenvalue weighted by Gasteiger charge is 2.27. The van der Waals surface area contributed by atoms with E-state index < -0.39 is 10.1 Å². The summed E-state index contributed by atoms with van der Waals surface area (Å²) in [5, 5.41) is 2.81. The first-order chi connectivity index (χ1) is 11.3. The molecule has 0 radical (unpaired) electrons. The fourth-order valence-corrected chi connectivity index (χ4v) is 3.84. The first-order valence-corrected chi connectivity index (χ1v) is 10.1. The molecule has 1 unspecified atom stereocenters. The number of rotatable bonds is 6. The summed E-state index contributed by atoms with van der Waals surface area (Å²) in [6, 6.07) is 7.93. The van der Waals surface area contributed by atoms with Gasteiger partial charge in [-0.1, -0.05) is 19.1 Å².